The van der Waals surface area contributed by atoms with Crippen LogP contribution in [-0.4, -0.2) is 135 Å². The summed E-state index contributed by atoms with van der Waals surface area (Å²) in [4.78, 5) is 49.2. The van der Waals surface area contributed by atoms with Gasteiger partial charge in [0.25, 0.3) is 0 Å². The number of amides is 3. The number of hydrogen-bond acceptors (Lipinski definition) is 11. The number of ether oxygens (including phenoxy) is 3. The third kappa shape index (κ3) is 14.5. The van der Waals surface area contributed by atoms with Crippen molar-refractivity contribution in [3.8, 4) is 10.4 Å². The smallest absolute Gasteiger partial charge is 0.246 e. The van der Waals surface area contributed by atoms with Gasteiger partial charge in [-0.3, -0.25) is 19.3 Å². The molecule has 2 fully saturated rings. The number of hydrogen-bond donors (Lipinski definition) is 4. The molecule has 2 aliphatic rings. The Morgan fingerprint density at radius 3 is 2.24 bits per heavy atom. The topological polar surface area (TPSA) is 155 Å². The number of aryl methyl sites for hydroxylation is 1. The van der Waals surface area contributed by atoms with Crippen LogP contribution in [0.15, 0.2) is 29.8 Å². The van der Waals surface area contributed by atoms with Gasteiger partial charge in [-0.15, -0.1) is 36.2 Å². The molecule has 2 aliphatic heterocycles. The number of thiazole rings is 1. The highest BCUT2D eigenvalue weighted by atomic mass is 35.5. The van der Waals surface area contributed by atoms with E-state index in [1.54, 1.807) is 11.3 Å². The summed E-state index contributed by atoms with van der Waals surface area (Å²) in [6.07, 6.45) is -0.634. The second-order valence-electron chi connectivity index (χ2n) is 13.6. The molecule has 3 amide bonds. The third-order valence-corrected chi connectivity index (χ3v) is 9.67. The lowest BCUT2D eigenvalue weighted by Crippen LogP contribution is -2.57. The quantitative estimate of drug-likeness (QED) is 0.166. The molecule has 2 aromatic rings. The van der Waals surface area contributed by atoms with Gasteiger partial charge in [-0.25, -0.2) is 4.98 Å². The highest BCUT2D eigenvalue weighted by Crippen LogP contribution is 2.28. The van der Waals surface area contributed by atoms with Gasteiger partial charge in [0.2, 0.25) is 17.7 Å². The molecule has 16 heteroatoms. The molecule has 0 bridgehead atoms. The minimum atomic E-state index is -0.891. The minimum absolute atomic E-state index is 0. The fourth-order valence-electron chi connectivity index (χ4n) is 5.85. The van der Waals surface area contributed by atoms with E-state index in [1.165, 1.54) is 4.90 Å². The van der Waals surface area contributed by atoms with Crippen molar-refractivity contribution in [3.63, 3.8) is 0 Å². The fraction of sp³-hybridized carbons (Fsp3) is 0.657. The number of aliphatic hydroxyl groups excluding tert-OH is 1. The second kappa shape index (κ2) is 22.6. The number of nitrogens with one attached hydrogen (secondary N) is 3. The molecular formula is C35H56Cl2N6O7S. The van der Waals surface area contributed by atoms with Crippen LogP contribution in [0.25, 0.3) is 10.4 Å². The zero-order valence-corrected chi connectivity index (χ0v) is 32.6. The van der Waals surface area contributed by atoms with E-state index in [9.17, 15) is 19.5 Å². The molecule has 0 spiro atoms. The van der Waals surface area contributed by atoms with Crippen LogP contribution < -0.4 is 16.0 Å². The molecule has 0 unspecified atom stereocenters. The Hall–Kier alpha value is -2.40. The van der Waals surface area contributed by atoms with E-state index < -0.39 is 29.5 Å². The minimum Gasteiger partial charge on any atom is -0.391 e. The Morgan fingerprint density at radius 2 is 1.63 bits per heavy atom. The number of carbonyl (C=O) groups is 3. The first-order valence-electron chi connectivity index (χ1n) is 17.2. The predicted molar refractivity (Wildman–Crippen MR) is 203 cm³/mol. The lowest BCUT2D eigenvalue weighted by Gasteiger charge is -2.35. The number of benzene rings is 1. The van der Waals surface area contributed by atoms with E-state index in [1.807, 2.05) is 57.5 Å². The van der Waals surface area contributed by atoms with Crippen LogP contribution in [-0.2, 0) is 35.1 Å². The van der Waals surface area contributed by atoms with Crippen molar-refractivity contribution in [2.24, 2.45) is 5.41 Å². The molecule has 288 valence electrons. The van der Waals surface area contributed by atoms with Gasteiger partial charge in [-0.1, -0.05) is 45.0 Å². The molecule has 0 radical (unpaired) electrons. The van der Waals surface area contributed by atoms with E-state index in [4.69, 9.17) is 14.2 Å². The van der Waals surface area contributed by atoms with Gasteiger partial charge in [0, 0.05) is 58.7 Å². The molecule has 1 aromatic heterocycles. The Balaban J connectivity index is 0.00000451. The van der Waals surface area contributed by atoms with Gasteiger partial charge in [-0.05, 0) is 23.5 Å². The number of halogens is 2. The fourth-order valence-corrected chi connectivity index (χ4v) is 6.66. The number of likely N-dealkylation sites (tertiary alicyclic amines) is 1. The summed E-state index contributed by atoms with van der Waals surface area (Å²) in [6.45, 7) is 15.5. The summed E-state index contributed by atoms with van der Waals surface area (Å²) in [7, 11) is 0. The van der Waals surface area contributed by atoms with Crippen molar-refractivity contribution in [1.29, 1.82) is 0 Å². The Kier molecular flexibility index (Phi) is 19.9. The standard InChI is InChI=1S/C35H54N6O7S.2ClH/c1-25-31(49-24-38-25)27-7-5-26(6-8-27)22-37-33(44)29-21-28(42)23-41(29)34(45)32(35(2,3)4)39-30(43)9-15-46-17-19-48-20-18-47-16-14-40-12-10-36-11-13-40;;/h5-8,24,28-29,32,36,42H,9-23H2,1-4H3,(H,37,44)(H,39,43);2*1H/t28-,29+,32-;;/m1../s1. The second-order valence-corrected chi connectivity index (χ2v) is 14.5. The van der Waals surface area contributed by atoms with Crippen LogP contribution >= 0.6 is 36.2 Å². The third-order valence-electron chi connectivity index (χ3n) is 8.69. The van der Waals surface area contributed by atoms with E-state index in [0.29, 0.717) is 33.0 Å². The first-order valence-corrected chi connectivity index (χ1v) is 18.1. The number of β-amino-alcohol motifs (C(OH)–C–C–N with tert-alkyl or cyclic N) is 1. The normalized spacial score (nSPS) is 18.4. The molecule has 1 aromatic carbocycles. The van der Waals surface area contributed by atoms with E-state index in [2.05, 4.69) is 25.8 Å². The maximum Gasteiger partial charge on any atom is 0.246 e. The number of carbonyl (C=O) groups excluding carboxylic acids is 3. The van der Waals surface area contributed by atoms with Crippen LogP contribution in [0.4, 0.5) is 0 Å². The van der Waals surface area contributed by atoms with Crippen molar-refractivity contribution in [2.75, 3.05) is 78.9 Å². The van der Waals surface area contributed by atoms with E-state index >= 15 is 0 Å². The van der Waals surface area contributed by atoms with E-state index in [0.717, 1.165) is 54.4 Å². The maximum absolute atomic E-state index is 13.8. The number of aliphatic hydroxyl groups is 1. The zero-order chi connectivity index (χ0) is 35.2. The molecule has 2 saturated heterocycles. The summed E-state index contributed by atoms with van der Waals surface area (Å²) in [6, 6.07) is 6.17. The van der Waals surface area contributed by atoms with Gasteiger partial charge in [0.15, 0.2) is 0 Å². The molecule has 13 nitrogen and oxygen atoms in total. The SMILES string of the molecule is Cc1ncsc1-c1ccc(CNC(=O)[C@@H]2C[C@@H](O)CN2C(=O)[C@@H](NC(=O)CCOCCOCCOCCN2CCNCC2)C(C)(C)C)cc1.Cl.Cl. The van der Waals surface area contributed by atoms with Crippen LogP contribution in [0.5, 0.6) is 0 Å². The summed E-state index contributed by atoms with van der Waals surface area (Å²) in [5.41, 5.74) is 4.13. The van der Waals surface area contributed by atoms with Crippen molar-refractivity contribution < 1.29 is 33.7 Å². The molecule has 0 aliphatic carbocycles. The first-order chi connectivity index (χ1) is 23.5. The Labute approximate surface area is 318 Å². The van der Waals surface area contributed by atoms with Crippen LogP contribution in [0.3, 0.4) is 0 Å². The predicted octanol–water partition coefficient (Wildman–Crippen LogP) is 2.42. The van der Waals surface area contributed by atoms with Crippen molar-refractivity contribution in [3.05, 3.63) is 41.0 Å². The molecule has 4 rings (SSSR count). The van der Waals surface area contributed by atoms with Gasteiger partial charge < -0.3 is 40.2 Å². The van der Waals surface area contributed by atoms with Crippen LogP contribution in [0.2, 0.25) is 0 Å². The molecule has 3 heterocycles. The highest BCUT2D eigenvalue weighted by molar-refractivity contribution is 7.13. The summed E-state index contributed by atoms with van der Waals surface area (Å²) in [5, 5.41) is 19.6. The molecule has 0 saturated carbocycles. The lowest BCUT2D eigenvalue weighted by molar-refractivity contribution is -0.144. The Morgan fingerprint density at radius 1 is 1.00 bits per heavy atom. The molecule has 4 N–H and O–H groups in total. The Bertz CT molecular complexity index is 1340. The molecular weight excluding hydrogens is 719 g/mol. The molecule has 51 heavy (non-hydrogen) atoms. The monoisotopic (exact) mass is 774 g/mol. The van der Waals surface area contributed by atoms with Gasteiger partial charge in [-0.2, -0.15) is 0 Å². The summed E-state index contributed by atoms with van der Waals surface area (Å²) < 4.78 is 16.8. The highest BCUT2D eigenvalue weighted by Gasteiger charge is 2.44. The van der Waals surface area contributed by atoms with Gasteiger partial charge in [0.1, 0.15) is 12.1 Å². The number of nitrogens with zero attached hydrogens (tertiary/aromatic N) is 3. The van der Waals surface area contributed by atoms with Gasteiger partial charge in [0.05, 0.1) is 61.8 Å². The number of piperazine rings is 1. The first kappa shape index (κ1) is 44.8. The number of rotatable bonds is 18. The summed E-state index contributed by atoms with van der Waals surface area (Å²) in [5.74, 6) is -1.07. The van der Waals surface area contributed by atoms with Crippen LogP contribution in [0, 0.1) is 12.3 Å². The van der Waals surface area contributed by atoms with Crippen molar-refractivity contribution in [1.82, 2.24) is 30.7 Å². The van der Waals surface area contributed by atoms with Crippen LogP contribution in [0.1, 0.15) is 44.9 Å². The van der Waals surface area contributed by atoms with Crippen molar-refractivity contribution in [2.45, 2.75) is 65.3 Å². The maximum atomic E-state index is 13.8. The average Bonchev–Trinajstić information content (AvgIpc) is 3.70. The van der Waals surface area contributed by atoms with E-state index in [-0.39, 0.29) is 69.2 Å². The average molecular weight is 776 g/mol. The lowest BCUT2D eigenvalue weighted by atomic mass is 9.85. The summed E-state index contributed by atoms with van der Waals surface area (Å²) >= 11 is 1.58. The number of aromatic nitrogens is 1. The van der Waals surface area contributed by atoms with Gasteiger partial charge >= 0.3 is 0 Å². The largest absolute Gasteiger partial charge is 0.391 e. The molecule has 3 atom stereocenters. The zero-order valence-electron chi connectivity index (χ0n) is 30.2. The van der Waals surface area contributed by atoms with Crippen molar-refractivity contribution >= 4 is 53.9 Å².